The number of likely N-dealkylation sites (tertiary alicyclic amines) is 1. The predicted molar refractivity (Wildman–Crippen MR) is 145 cm³/mol. The number of rotatable bonds is 11. The molecule has 0 aromatic heterocycles. The third kappa shape index (κ3) is 5.97. The summed E-state index contributed by atoms with van der Waals surface area (Å²) in [7, 11) is 4.50. The minimum absolute atomic E-state index is 0.00528. The molecule has 1 amide bonds. The van der Waals surface area contributed by atoms with E-state index in [1.54, 1.807) is 36.4 Å². The fourth-order valence-electron chi connectivity index (χ4n) is 5.06. The van der Waals surface area contributed by atoms with Gasteiger partial charge in [0.1, 0.15) is 11.5 Å². The van der Waals surface area contributed by atoms with Crippen LogP contribution in [0.1, 0.15) is 30.5 Å². The molecule has 39 heavy (non-hydrogen) atoms. The number of carbonyl (C=O) groups is 2. The number of hydrogen-bond acceptors (Lipinski definition) is 9. The number of ketones is 1. The van der Waals surface area contributed by atoms with E-state index in [1.165, 1.54) is 26.2 Å². The molecule has 1 unspecified atom stereocenters. The maximum atomic E-state index is 13.5. The van der Waals surface area contributed by atoms with Crippen LogP contribution in [0.25, 0.3) is 5.76 Å². The van der Waals surface area contributed by atoms with Gasteiger partial charge in [-0.3, -0.25) is 14.5 Å². The van der Waals surface area contributed by atoms with E-state index in [4.69, 9.17) is 23.7 Å². The summed E-state index contributed by atoms with van der Waals surface area (Å²) < 4.78 is 27.6. The summed E-state index contributed by atoms with van der Waals surface area (Å²) in [6.45, 7) is 6.39. The van der Waals surface area contributed by atoms with Crippen molar-refractivity contribution in [3.63, 3.8) is 0 Å². The van der Waals surface area contributed by atoms with Crippen molar-refractivity contribution in [2.24, 2.45) is 0 Å². The van der Waals surface area contributed by atoms with Crippen LogP contribution in [0.3, 0.4) is 0 Å². The number of ether oxygens (including phenoxy) is 5. The standard InChI is InChI=1S/C29H36N2O8/c1-5-39-21-9-6-8-19(16-21)26(32)24-25(20-17-22(35-2)28(37-4)23(18-20)36-3)31(29(34)27(24)33)11-7-10-30-12-14-38-15-13-30/h6,8-9,16-18,25,32H,5,7,10-15H2,1-4H3. The Hall–Kier alpha value is -3.76. The zero-order chi connectivity index (χ0) is 27.9. The highest BCUT2D eigenvalue weighted by molar-refractivity contribution is 6.46. The monoisotopic (exact) mass is 540 g/mol. The number of aliphatic hydroxyl groups excluding tert-OH is 1. The lowest BCUT2D eigenvalue weighted by atomic mass is 9.94. The van der Waals surface area contributed by atoms with Crippen LogP contribution in [0.2, 0.25) is 0 Å². The van der Waals surface area contributed by atoms with E-state index in [-0.39, 0.29) is 11.3 Å². The number of amides is 1. The van der Waals surface area contributed by atoms with Gasteiger partial charge in [-0.25, -0.2) is 0 Å². The summed E-state index contributed by atoms with van der Waals surface area (Å²) in [6, 6.07) is 9.37. The van der Waals surface area contributed by atoms with Gasteiger partial charge in [-0.15, -0.1) is 0 Å². The molecule has 1 atom stereocenters. The van der Waals surface area contributed by atoms with Gasteiger partial charge in [-0.1, -0.05) is 12.1 Å². The average molecular weight is 541 g/mol. The molecule has 0 radical (unpaired) electrons. The zero-order valence-electron chi connectivity index (χ0n) is 22.9. The highest BCUT2D eigenvalue weighted by Crippen LogP contribution is 2.45. The van der Waals surface area contributed by atoms with E-state index in [2.05, 4.69) is 4.90 Å². The SMILES string of the molecule is CCOc1cccc(C(O)=C2C(=O)C(=O)N(CCCN3CCOCC3)C2c2cc(OC)c(OC)c(OC)c2)c1. The summed E-state index contributed by atoms with van der Waals surface area (Å²) >= 11 is 0. The van der Waals surface area contributed by atoms with Crippen molar-refractivity contribution in [3.8, 4) is 23.0 Å². The molecule has 0 aliphatic carbocycles. The molecule has 2 aliphatic heterocycles. The number of aliphatic hydroxyl groups is 1. The molecule has 0 saturated carbocycles. The van der Waals surface area contributed by atoms with Crippen LogP contribution in [0.4, 0.5) is 0 Å². The number of nitrogens with zero attached hydrogens (tertiary/aromatic N) is 2. The Bertz CT molecular complexity index is 1200. The van der Waals surface area contributed by atoms with Crippen LogP contribution in [0.5, 0.6) is 23.0 Å². The molecule has 0 spiro atoms. The van der Waals surface area contributed by atoms with Gasteiger partial charge >= 0.3 is 0 Å². The first kappa shape index (κ1) is 28.3. The van der Waals surface area contributed by atoms with Crippen LogP contribution >= 0.6 is 0 Å². The summed E-state index contributed by atoms with van der Waals surface area (Å²) in [5, 5.41) is 11.4. The fourth-order valence-corrected chi connectivity index (χ4v) is 5.06. The van der Waals surface area contributed by atoms with Crippen LogP contribution in [0.15, 0.2) is 42.0 Å². The number of carbonyl (C=O) groups excluding carboxylic acids is 2. The fraction of sp³-hybridized carbons (Fsp3) is 0.448. The lowest BCUT2D eigenvalue weighted by Crippen LogP contribution is -2.39. The van der Waals surface area contributed by atoms with Gasteiger partial charge in [-0.05, 0) is 43.2 Å². The Labute approximate surface area is 228 Å². The second-order valence-corrected chi connectivity index (χ2v) is 9.22. The van der Waals surface area contributed by atoms with Crippen LogP contribution in [-0.4, -0.2) is 93.9 Å². The molecular formula is C29H36N2O8. The van der Waals surface area contributed by atoms with Crippen molar-refractivity contribution < 1.29 is 38.4 Å². The number of benzene rings is 2. The van der Waals surface area contributed by atoms with Crippen LogP contribution in [0, 0.1) is 0 Å². The minimum Gasteiger partial charge on any atom is -0.507 e. The van der Waals surface area contributed by atoms with Gasteiger partial charge in [0, 0.05) is 31.7 Å². The van der Waals surface area contributed by atoms with E-state index in [1.807, 2.05) is 6.92 Å². The highest BCUT2D eigenvalue weighted by atomic mass is 16.5. The normalized spacial score (nSPS) is 19.3. The third-order valence-electron chi connectivity index (χ3n) is 6.94. The second kappa shape index (κ2) is 12.9. The average Bonchev–Trinajstić information content (AvgIpc) is 3.22. The first-order chi connectivity index (χ1) is 18.9. The van der Waals surface area contributed by atoms with Crippen LogP contribution in [-0.2, 0) is 14.3 Å². The van der Waals surface area contributed by atoms with Gasteiger partial charge in [0.15, 0.2) is 11.5 Å². The molecule has 2 heterocycles. The Morgan fingerprint density at radius 1 is 1.00 bits per heavy atom. The molecular weight excluding hydrogens is 504 g/mol. The van der Waals surface area contributed by atoms with Gasteiger partial charge in [-0.2, -0.15) is 0 Å². The van der Waals surface area contributed by atoms with Crippen molar-refractivity contribution in [3.05, 3.63) is 53.1 Å². The molecule has 2 aliphatic rings. The Balaban J connectivity index is 1.79. The molecule has 0 bridgehead atoms. The molecule has 1 N–H and O–H groups in total. The smallest absolute Gasteiger partial charge is 0.295 e. The van der Waals surface area contributed by atoms with Crippen molar-refractivity contribution in [2.75, 3.05) is 67.3 Å². The molecule has 210 valence electrons. The van der Waals surface area contributed by atoms with Crippen LogP contribution < -0.4 is 18.9 Å². The molecule has 10 heteroatoms. The minimum atomic E-state index is -0.862. The number of morpholine rings is 1. The van der Waals surface area contributed by atoms with Gasteiger partial charge in [0.25, 0.3) is 11.7 Å². The molecule has 2 fully saturated rings. The zero-order valence-corrected chi connectivity index (χ0v) is 22.9. The largest absolute Gasteiger partial charge is 0.507 e. The molecule has 10 nitrogen and oxygen atoms in total. The molecule has 4 rings (SSSR count). The van der Waals surface area contributed by atoms with Gasteiger partial charge < -0.3 is 33.7 Å². The van der Waals surface area contributed by atoms with E-state index in [0.29, 0.717) is 66.9 Å². The van der Waals surface area contributed by atoms with Crippen molar-refractivity contribution >= 4 is 17.4 Å². The first-order valence-electron chi connectivity index (χ1n) is 13.0. The number of methoxy groups -OCH3 is 3. The highest BCUT2D eigenvalue weighted by Gasteiger charge is 2.46. The predicted octanol–water partition coefficient (Wildman–Crippen LogP) is 3.26. The number of Topliss-reactive ketones (excluding diaryl/α,β-unsaturated/α-hetero) is 1. The van der Waals surface area contributed by atoms with E-state index in [9.17, 15) is 14.7 Å². The van der Waals surface area contributed by atoms with Gasteiger partial charge in [0.2, 0.25) is 5.75 Å². The first-order valence-corrected chi connectivity index (χ1v) is 13.0. The van der Waals surface area contributed by atoms with E-state index >= 15 is 0 Å². The maximum absolute atomic E-state index is 13.5. The topological polar surface area (TPSA) is 107 Å². The van der Waals surface area contributed by atoms with E-state index in [0.717, 1.165) is 19.6 Å². The Morgan fingerprint density at radius 2 is 1.69 bits per heavy atom. The van der Waals surface area contributed by atoms with Crippen molar-refractivity contribution in [1.82, 2.24) is 9.80 Å². The Kier molecular flexibility index (Phi) is 9.32. The summed E-state index contributed by atoms with van der Waals surface area (Å²) in [5.41, 5.74) is 0.927. The Morgan fingerprint density at radius 3 is 2.31 bits per heavy atom. The molecule has 2 aromatic rings. The maximum Gasteiger partial charge on any atom is 0.295 e. The van der Waals surface area contributed by atoms with Crippen molar-refractivity contribution in [1.29, 1.82) is 0 Å². The van der Waals surface area contributed by atoms with E-state index < -0.39 is 17.7 Å². The quantitative estimate of drug-likeness (QED) is 0.261. The second-order valence-electron chi connectivity index (χ2n) is 9.22. The lowest BCUT2D eigenvalue weighted by molar-refractivity contribution is -0.140. The summed E-state index contributed by atoms with van der Waals surface area (Å²) in [6.07, 6.45) is 0.647. The third-order valence-corrected chi connectivity index (χ3v) is 6.94. The summed E-state index contributed by atoms with van der Waals surface area (Å²) in [5.74, 6) is -0.00160. The molecule has 2 aromatic carbocycles. The number of hydrogen-bond donors (Lipinski definition) is 1. The lowest BCUT2D eigenvalue weighted by Gasteiger charge is -2.29. The summed E-state index contributed by atoms with van der Waals surface area (Å²) in [4.78, 5) is 30.7. The van der Waals surface area contributed by atoms with Crippen molar-refractivity contribution in [2.45, 2.75) is 19.4 Å². The van der Waals surface area contributed by atoms with Gasteiger partial charge in [0.05, 0.1) is 52.8 Å². The molecule has 2 saturated heterocycles.